The number of carbonyl (C=O) groups is 1. The summed E-state index contributed by atoms with van der Waals surface area (Å²) < 4.78 is 24.3. The fourth-order valence-corrected chi connectivity index (χ4v) is 3.79. The highest BCUT2D eigenvalue weighted by Gasteiger charge is 2.34. The topological polar surface area (TPSA) is 67.4 Å². The van der Waals surface area contributed by atoms with E-state index in [-0.39, 0.29) is 12.5 Å². The summed E-state index contributed by atoms with van der Waals surface area (Å²) in [6, 6.07) is 17.2. The number of nitrogens with zero attached hydrogens (tertiary/aromatic N) is 3. The normalized spacial score (nSPS) is 16.7. The summed E-state index contributed by atoms with van der Waals surface area (Å²) in [4.78, 5) is 15.0. The Morgan fingerprint density at radius 2 is 1.94 bits per heavy atom. The molecule has 2 heterocycles. The van der Waals surface area contributed by atoms with Crippen molar-refractivity contribution in [3.8, 4) is 5.75 Å². The molecule has 0 bridgehead atoms. The zero-order valence-corrected chi connectivity index (χ0v) is 17.4. The van der Waals surface area contributed by atoms with E-state index in [0.717, 1.165) is 11.3 Å². The molecule has 8 heteroatoms. The molecule has 0 atom stereocenters. The summed E-state index contributed by atoms with van der Waals surface area (Å²) >= 11 is 1.20. The van der Waals surface area contributed by atoms with Gasteiger partial charge < -0.3 is 9.15 Å². The Kier molecular flexibility index (Phi) is 6.28. The second-order valence-corrected chi connectivity index (χ2v) is 7.51. The first-order valence-corrected chi connectivity index (χ1v) is 10.2. The third-order valence-electron chi connectivity index (χ3n) is 4.44. The summed E-state index contributed by atoms with van der Waals surface area (Å²) in [7, 11) is 1.60. The van der Waals surface area contributed by atoms with Crippen molar-refractivity contribution in [2.45, 2.75) is 6.54 Å². The molecular formula is C23H18FN3O3S. The lowest BCUT2D eigenvalue weighted by Gasteiger charge is -2.12. The van der Waals surface area contributed by atoms with Crippen LogP contribution >= 0.6 is 11.8 Å². The molecule has 1 aliphatic heterocycles. The summed E-state index contributed by atoms with van der Waals surface area (Å²) in [6.45, 7) is 0.215. The van der Waals surface area contributed by atoms with E-state index in [4.69, 9.17) is 9.15 Å². The molecule has 1 aliphatic rings. The molecule has 0 spiro atoms. The van der Waals surface area contributed by atoms with E-state index >= 15 is 0 Å². The van der Waals surface area contributed by atoms with Gasteiger partial charge in [0.2, 0.25) is 0 Å². The van der Waals surface area contributed by atoms with Crippen molar-refractivity contribution in [2.75, 3.05) is 7.11 Å². The maximum atomic E-state index is 13.8. The van der Waals surface area contributed by atoms with Gasteiger partial charge in [-0.05, 0) is 53.7 Å². The molecule has 1 aromatic heterocycles. The Labute approximate surface area is 182 Å². The fourth-order valence-electron chi connectivity index (χ4n) is 2.85. The predicted octanol–water partition coefficient (Wildman–Crippen LogP) is 4.93. The van der Waals surface area contributed by atoms with E-state index < -0.39 is 5.82 Å². The van der Waals surface area contributed by atoms with Crippen LogP contribution in [0.4, 0.5) is 4.39 Å². The zero-order valence-electron chi connectivity index (χ0n) is 16.6. The quantitative estimate of drug-likeness (QED) is 0.313. The van der Waals surface area contributed by atoms with E-state index in [9.17, 15) is 9.18 Å². The van der Waals surface area contributed by atoms with Crippen molar-refractivity contribution in [3.63, 3.8) is 0 Å². The third-order valence-corrected chi connectivity index (χ3v) is 5.44. The summed E-state index contributed by atoms with van der Waals surface area (Å²) in [5, 5.41) is 8.56. The molecule has 1 amide bonds. The van der Waals surface area contributed by atoms with Crippen LogP contribution in [0.25, 0.3) is 6.08 Å². The van der Waals surface area contributed by atoms with E-state index in [2.05, 4.69) is 10.2 Å². The van der Waals surface area contributed by atoms with Crippen molar-refractivity contribution < 1.29 is 18.3 Å². The number of methoxy groups -OCH3 is 1. The molecule has 31 heavy (non-hydrogen) atoms. The number of rotatable bonds is 6. The standard InChI is InChI=1S/C23H18FN3O3S/c1-29-18-10-8-16(9-11-18)13-21-22(28)27(15-19-6-4-12-30-19)23(31-21)26-25-14-17-5-2-3-7-20(17)24/h2-14H,15H2,1H3/b21-13-,25-14+,26-23-. The molecule has 0 saturated carbocycles. The van der Waals surface area contributed by atoms with E-state index in [0.29, 0.717) is 21.4 Å². The van der Waals surface area contributed by atoms with Crippen molar-refractivity contribution in [1.29, 1.82) is 0 Å². The molecule has 2 aromatic carbocycles. The van der Waals surface area contributed by atoms with Crippen molar-refractivity contribution >= 4 is 35.1 Å². The van der Waals surface area contributed by atoms with Crippen LogP contribution in [0.1, 0.15) is 16.9 Å². The highest BCUT2D eigenvalue weighted by atomic mass is 32.2. The molecule has 0 N–H and O–H groups in total. The minimum absolute atomic E-state index is 0.211. The van der Waals surface area contributed by atoms with Crippen molar-refractivity contribution in [1.82, 2.24) is 4.90 Å². The number of carbonyl (C=O) groups excluding carboxylic acids is 1. The lowest BCUT2D eigenvalue weighted by Crippen LogP contribution is -2.28. The van der Waals surface area contributed by atoms with Crippen molar-refractivity contribution in [2.24, 2.45) is 10.2 Å². The Hall–Kier alpha value is -3.65. The molecular weight excluding hydrogens is 417 g/mol. The molecule has 0 radical (unpaired) electrons. The molecule has 156 valence electrons. The van der Waals surface area contributed by atoms with Crippen LogP contribution in [0.5, 0.6) is 5.75 Å². The van der Waals surface area contributed by atoms with Crippen LogP contribution in [0.15, 0.2) is 86.5 Å². The Balaban J connectivity index is 1.61. The SMILES string of the molecule is COc1ccc(/C=C2\S/C(=N\N=C\c3ccccc3F)N(Cc3ccco3)C2=O)cc1. The Morgan fingerprint density at radius 1 is 1.13 bits per heavy atom. The zero-order chi connectivity index (χ0) is 21.6. The van der Waals surface area contributed by atoms with Crippen LogP contribution < -0.4 is 4.74 Å². The first-order valence-electron chi connectivity index (χ1n) is 9.37. The largest absolute Gasteiger partial charge is 0.497 e. The van der Waals surface area contributed by atoms with Crippen LogP contribution in [0.2, 0.25) is 0 Å². The van der Waals surface area contributed by atoms with E-state index in [1.54, 1.807) is 49.8 Å². The minimum atomic E-state index is -0.394. The van der Waals surface area contributed by atoms with Crippen LogP contribution in [0.3, 0.4) is 0 Å². The molecule has 1 fully saturated rings. The fraction of sp³-hybridized carbons (Fsp3) is 0.0870. The number of ether oxygens (including phenoxy) is 1. The van der Waals surface area contributed by atoms with Gasteiger partial charge in [0.05, 0.1) is 31.0 Å². The molecule has 4 rings (SSSR count). The number of amides is 1. The molecule has 0 aliphatic carbocycles. The van der Waals surface area contributed by atoms with Crippen LogP contribution in [-0.2, 0) is 11.3 Å². The number of hydrogen-bond acceptors (Lipinski definition) is 6. The van der Waals surface area contributed by atoms with Gasteiger partial charge in [-0.3, -0.25) is 9.69 Å². The molecule has 1 saturated heterocycles. The van der Waals surface area contributed by atoms with Gasteiger partial charge in [-0.15, -0.1) is 5.10 Å². The number of furan rings is 1. The number of halogens is 1. The molecule has 6 nitrogen and oxygen atoms in total. The van der Waals surface area contributed by atoms with Gasteiger partial charge in [0, 0.05) is 5.56 Å². The maximum Gasteiger partial charge on any atom is 0.267 e. The average Bonchev–Trinajstić information content (AvgIpc) is 3.40. The summed E-state index contributed by atoms with van der Waals surface area (Å²) in [5.41, 5.74) is 1.17. The van der Waals surface area contributed by atoms with Gasteiger partial charge >= 0.3 is 0 Å². The number of hydrogen-bond donors (Lipinski definition) is 0. The maximum absolute atomic E-state index is 13.8. The van der Waals surface area contributed by atoms with Crippen molar-refractivity contribution in [3.05, 3.63) is 94.5 Å². The third kappa shape index (κ3) is 4.92. The second kappa shape index (κ2) is 9.44. The molecule has 3 aromatic rings. The lowest BCUT2D eigenvalue weighted by atomic mass is 10.2. The van der Waals surface area contributed by atoms with Crippen LogP contribution in [-0.4, -0.2) is 29.3 Å². The second-order valence-electron chi connectivity index (χ2n) is 6.50. The first kappa shape index (κ1) is 20.6. The summed E-state index contributed by atoms with van der Waals surface area (Å²) in [5.74, 6) is 0.744. The van der Waals surface area contributed by atoms with Gasteiger partial charge in [0.15, 0.2) is 5.17 Å². The average molecular weight is 435 g/mol. The number of thioether (sulfide) groups is 1. The highest BCUT2D eigenvalue weighted by molar-refractivity contribution is 8.18. The summed E-state index contributed by atoms with van der Waals surface area (Å²) in [6.07, 6.45) is 4.65. The highest BCUT2D eigenvalue weighted by Crippen LogP contribution is 2.34. The van der Waals surface area contributed by atoms with Crippen LogP contribution in [0, 0.1) is 5.82 Å². The van der Waals surface area contributed by atoms with Gasteiger partial charge in [-0.1, -0.05) is 30.3 Å². The van der Waals surface area contributed by atoms with E-state index in [1.807, 2.05) is 24.3 Å². The molecule has 0 unspecified atom stereocenters. The minimum Gasteiger partial charge on any atom is -0.497 e. The number of amidine groups is 1. The first-order chi connectivity index (χ1) is 15.1. The van der Waals surface area contributed by atoms with Gasteiger partial charge in [-0.2, -0.15) is 5.10 Å². The lowest BCUT2D eigenvalue weighted by molar-refractivity contribution is -0.122. The van der Waals surface area contributed by atoms with Gasteiger partial charge in [0.1, 0.15) is 17.3 Å². The monoisotopic (exact) mass is 435 g/mol. The van der Waals surface area contributed by atoms with Gasteiger partial charge in [0.25, 0.3) is 5.91 Å². The Bertz CT molecular complexity index is 1160. The van der Waals surface area contributed by atoms with Gasteiger partial charge in [-0.25, -0.2) is 4.39 Å². The Morgan fingerprint density at radius 3 is 2.65 bits per heavy atom. The smallest absolute Gasteiger partial charge is 0.267 e. The number of benzene rings is 2. The predicted molar refractivity (Wildman–Crippen MR) is 119 cm³/mol. The van der Waals surface area contributed by atoms with E-state index in [1.165, 1.54) is 28.9 Å².